The first kappa shape index (κ1) is 27.2. The second-order valence-corrected chi connectivity index (χ2v) is 10.9. The molecule has 0 bridgehead atoms. The Labute approximate surface area is 208 Å². The molecule has 2 aliphatic rings. The van der Waals surface area contributed by atoms with Crippen molar-refractivity contribution < 1.29 is 8.78 Å². The minimum Gasteiger partial charge on any atom is -0.207 e. The lowest BCUT2D eigenvalue weighted by Crippen LogP contribution is -2.17. The number of hydrogen-bond donors (Lipinski definition) is 0. The van der Waals surface area contributed by atoms with Crippen LogP contribution in [0.5, 0.6) is 0 Å². The average molecular weight is 471 g/mol. The van der Waals surface area contributed by atoms with Crippen LogP contribution in [0, 0.1) is 23.5 Å². The highest BCUT2D eigenvalue weighted by atomic mass is 19.1. The van der Waals surface area contributed by atoms with Crippen molar-refractivity contribution in [1.29, 1.82) is 0 Å². The molecule has 1 fully saturated rings. The molecule has 0 nitrogen and oxygen atoms in total. The van der Waals surface area contributed by atoms with Gasteiger partial charge < -0.3 is 0 Å². The van der Waals surface area contributed by atoms with Gasteiger partial charge in [0.1, 0.15) is 11.6 Å². The Morgan fingerprint density at radius 2 is 1.32 bits per heavy atom. The Kier molecular flexibility index (Phi) is 11.9. The van der Waals surface area contributed by atoms with Gasteiger partial charge in [0.15, 0.2) is 0 Å². The fourth-order valence-electron chi connectivity index (χ4n) is 6.03. The van der Waals surface area contributed by atoms with E-state index in [0.29, 0.717) is 6.42 Å². The number of benzene rings is 1. The fraction of sp³-hybridized carbons (Fsp3) is 0.688. The molecule has 0 aromatic heterocycles. The van der Waals surface area contributed by atoms with Crippen LogP contribution in [-0.2, 0) is 6.42 Å². The molecule has 3 rings (SSSR count). The van der Waals surface area contributed by atoms with Gasteiger partial charge in [0, 0.05) is 5.56 Å². The molecule has 1 aromatic rings. The van der Waals surface area contributed by atoms with Gasteiger partial charge in [-0.25, -0.2) is 8.78 Å². The monoisotopic (exact) mass is 470 g/mol. The van der Waals surface area contributed by atoms with Gasteiger partial charge in [-0.05, 0) is 86.5 Å². The number of rotatable bonds is 14. The Morgan fingerprint density at radius 1 is 0.706 bits per heavy atom. The molecule has 34 heavy (non-hydrogen) atoms. The Hall–Kier alpha value is -1.44. The summed E-state index contributed by atoms with van der Waals surface area (Å²) in [5.74, 6) is 0.926. The van der Waals surface area contributed by atoms with Crippen LogP contribution < -0.4 is 0 Å². The van der Waals surface area contributed by atoms with Crippen LogP contribution in [0.4, 0.5) is 8.78 Å². The maximum atomic E-state index is 14.7. The Bertz CT molecular complexity index is 772. The van der Waals surface area contributed by atoms with Gasteiger partial charge in [-0.2, -0.15) is 0 Å². The highest BCUT2D eigenvalue weighted by Gasteiger charge is 2.25. The van der Waals surface area contributed by atoms with E-state index >= 15 is 0 Å². The van der Waals surface area contributed by atoms with Crippen molar-refractivity contribution in [3.63, 3.8) is 0 Å². The molecule has 0 heterocycles. The van der Waals surface area contributed by atoms with E-state index < -0.39 is 0 Å². The standard InChI is InChI=1S/C32H48F2/c1-3-5-7-9-10-12-14-30-31(33)23-29(24-32(30)34)28-21-19-27(20-22-28)26-17-15-25(16-18-26)13-11-8-6-4-2/h19,21,23-26H,3-18,20,22H2,1-2H3. The first-order valence-corrected chi connectivity index (χ1v) is 14.5. The molecule has 0 spiro atoms. The number of halogens is 2. The lowest BCUT2D eigenvalue weighted by atomic mass is 9.74. The second kappa shape index (κ2) is 14.8. The van der Waals surface area contributed by atoms with Crippen molar-refractivity contribution in [2.75, 3.05) is 0 Å². The van der Waals surface area contributed by atoms with E-state index in [1.54, 1.807) is 17.7 Å². The summed E-state index contributed by atoms with van der Waals surface area (Å²) in [6.07, 6.45) is 26.0. The van der Waals surface area contributed by atoms with Crippen molar-refractivity contribution in [2.24, 2.45) is 11.8 Å². The lowest BCUT2D eigenvalue weighted by Gasteiger charge is -2.31. The van der Waals surface area contributed by atoms with Gasteiger partial charge in [0.2, 0.25) is 0 Å². The number of allylic oxidation sites excluding steroid dienone is 4. The van der Waals surface area contributed by atoms with Crippen molar-refractivity contribution in [1.82, 2.24) is 0 Å². The smallest absolute Gasteiger partial charge is 0.129 e. The predicted octanol–water partition coefficient (Wildman–Crippen LogP) is 10.7. The van der Waals surface area contributed by atoms with E-state index in [0.717, 1.165) is 55.1 Å². The van der Waals surface area contributed by atoms with Gasteiger partial charge in [0.25, 0.3) is 0 Å². The first-order chi connectivity index (χ1) is 16.6. The maximum Gasteiger partial charge on any atom is 0.129 e. The van der Waals surface area contributed by atoms with Crippen LogP contribution in [0.2, 0.25) is 0 Å². The van der Waals surface area contributed by atoms with E-state index in [-0.39, 0.29) is 17.2 Å². The van der Waals surface area contributed by atoms with Crippen molar-refractivity contribution in [3.8, 4) is 0 Å². The zero-order chi connectivity index (χ0) is 24.2. The van der Waals surface area contributed by atoms with Crippen molar-refractivity contribution in [3.05, 3.63) is 52.6 Å². The summed E-state index contributed by atoms with van der Waals surface area (Å²) in [7, 11) is 0. The minimum atomic E-state index is -0.364. The van der Waals surface area contributed by atoms with Gasteiger partial charge in [-0.15, -0.1) is 0 Å². The van der Waals surface area contributed by atoms with E-state index in [4.69, 9.17) is 0 Å². The van der Waals surface area contributed by atoms with Crippen LogP contribution in [-0.4, -0.2) is 0 Å². The van der Waals surface area contributed by atoms with Gasteiger partial charge in [0.05, 0.1) is 0 Å². The summed E-state index contributed by atoms with van der Waals surface area (Å²) in [5, 5.41) is 0. The van der Waals surface area contributed by atoms with Crippen molar-refractivity contribution >= 4 is 5.57 Å². The van der Waals surface area contributed by atoms with Gasteiger partial charge >= 0.3 is 0 Å². The first-order valence-electron chi connectivity index (χ1n) is 14.5. The molecule has 0 amide bonds. The quantitative estimate of drug-likeness (QED) is 0.237. The highest BCUT2D eigenvalue weighted by Crippen LogP contribution is 2.40. The predicted molar refractivity (Wildman–Crippen MR) is 143 cm³/mol. The van der Waals surface area contributed by atoms with Crippen LogP contribution >= 0.6 is 0 Å². The van der Waals surface area contributed by atoms with E-state index in [1.807, 2.05) is 0 Å². The summed E-state index contributed by atoms with van der Waals surface area (Å²) < 4.78 is 29.5. The highest BCUT2D eigenvalue weighted by molar-refractivity contribution is 5.69. The van der Waals surface area contributed by atoms with E-state index in [1.165, 1.54) is 77.0 Å². The zero-order valence-electron chi connectivity index (χ0n) is 21.9. The third kappa shape index (κ3) is 8.35. The zero-order valence-corrected chi connectivity index (χ0v) is 21.9. The molecule has 1 saturated carbocycles. The molecule has 0 saturated heterocycles. The van der Waals surface area contributed by atoms with E-state index in [9.17, 15) is 8.78 Å². The molecular weight excluding hydrogens is 422 g/mol. The molecular formula is C32H48F2. The van der Waals surface area contributed by atoms with Crippen LogP contribution in [0.25, 0.3) is 5.57 Å². The minimum absolute atomic E-state index is 0.276. The summed E-state index contributed by atoms with van der Waals surface area (Å²) in [6, 6.07) is 3.15. The maximum absolute atomic E-state index is 14.7. The molecule has 1 aromatic carbocycles. The van der Waals surface area contributed by atoms with Gasteiger partial charge in [-0.1, -0.05) is 95.8 Å². The molecule has 2 aliphatic carbocycles. The van der Waals surface area contributed by atoms with Crippen molar-refractivity contribution in [2.45, 2.75) is 129 Å². The molecule has 0 aliphatic heterocycles. The Balaban J connectivity index is 1.50. The second-order valence-electron chi connectivity index (χ2n) is 10.9. The van der Waals surface area contributed by atoms with Crippen LogP contribution in [0.3, 0.4) is 0 Å². The van der Waals surface area contributed by atoms with Gasteiger partial charge in [-0.3, -0.25) is 0 Å². The van der Waals surface area contributed by atoms with Crippen LogP contribution in [0.15, 0.2) is 29.9 Å². The third-order valence-electron chi connectivity index (χ3n) is 8.31. The normalized spacial score (nSPS) is 20.8. The molecule has 0 unspecified atom stereocenters. The summed E-state index contributed by atoms with van der Waals surface area (Å²) in [5.41, 5.74) is 3.65. The largest absolute Gasteiger partial charge is 0.207 e. The summed E-state index contributed by atoms with van der Waals surface area (Å²) >= 11 is 0. The Morgan fingerprint density at radius 3 is 1.94 bits per heavy atom. The molecule has 2 heteroatoms. The average Bonchev–Trinajstić information content (AvgIpc) is 2.86. The number of hydrogen-bond acceptors (Lipinski definition) is 0. The SMILES string of the molecule is CCCCCCCCc1c(F)cc(C2=CC=C(C3CCC(CCCCCC)CC3)CC2)cc1F. The molecule has 0 N–H and O–H groups in total. The summed E-state index contributed by atoms with van der Waals surface area (Å²) in [4.78, 5) is 0. The lowest BCUT2D eigenvalue weighted by molar-refractivity contribution is 0.278. The molecule has 190 valence electrons. The molecule has 0 atom stereocenters. The topological polar surface area (TPSA) is 0 Å². The van der Waals surface area contributed by atoms with E-state index in [2.05, 4.69) is 26.0 Å². The fourth-order valence-corrected chi connectivity index (χ4v) is 6.03. The number of unbranched alkanes of at least 4 members (excludes halogenated alkanes) is 8. The van der Waals surface area contributed by atoms with Crippen LogP contribution in [0.1, 0.15) is 134 Å². The third-order valence-corrected chi connectivity index (χ3v) is 8.31. The summed E-state index contributed by atoms with van der Waals surface area (Å²) in [6.45, 7) is 4.48. The molecule has 0 radical (unpaired) electrons.